The maximum atomic E-state index is 13.8. The third kappa shape index (κ3) is 4.63. The van der Waals surface area contributed by atoms with E-state index in [2.05, 4.69) is 0 Å². The van der Waals surface area contributed by atoms with Crippen molar-refractivity contribution in [3.05, 3.63) is 35.6 Å². The Morgan fingerprint density at radius 3 is 2.50 bits per heavy atom. The van der Waals surface area contributed by atoms with E-state index in [9.17, 15) is 14.0 Å². The number of benzene rings is 1. The zero-order valence-corrected chi connectivity index (χ0v) is 15.6. The summed E-state index contributed by atoms with van der Waals surface area (Å²) in [6.45, 7) is 4.60. The maximum absolute atomic E-state index is 13.8. The fourth-order valence-electron chi connectivity index (χ4n) is 4.26. The summed E-state index contributed by atoms with van der Waals surface area (Å²) in [5.41, 5.74) is 0.771. The summed E-state index contributed by atoms with van der Waals surface area (Å²) in [5.74, 6) is 0.722. The predicted octanol–water partition coefficient (Wildman–Crippen LogP) is 3.26. The lowest BCUT2D eigenvalue weighted by atomic mass is 9.89. The number of rotatable bonds is 4. The smallest absolute Gasteiger partial charge is 0.225 e. The molecule has 0 radical (unpaired) electrons. The Balaban J connectivity index is 1.49. The van der Waals surface area contributed by atoms with E-state index in [-0.39, 0.29) is 23.5 Å². The van der Waals surface area contributed by atoms with Crippen LogP contribution in [-0.2, 0) is 16.0 Å². The quantitative estimate of drug-likeness (QED) is 0.827. The molecule has 142 valence electrons. The van der Waals surface area contributed by atoms with E-state index in [1.54, 1.807) is 13.0 Å². The monoisotopic (exact) mass is 360 g/mol. The van der Waals surface area contributed by atoms with Gasteiger partial charge < -0.3 is 9.80 Å². The van der Waals surface area contributed by atoms with Crippen LogP contribution >= 0.6 is 0 Å². The number of hydrogen-bond donors (Lipinski definition) is 0. The second kappa shape index (κ2) is 8.65. The van der Waals surface area contributed by atoms with E-state index in [0.717, 1.165) is 57.2 Å². The van der Waals surface area contributed by atoms with E-state index in [1.807, 2.05) is 21.9 Å². The van der Waals surface area contributed by atoms with Gasteiger partial charge in [0.05, 0.1) is 0 Å². The van der Waals surface area contributed by atoms with Gasteiger partial charge in [-0.05, 0) is 56.1 Å². The Labute approximate surface area is 155 Å². The van der Waals surface area contributed by atoms with Gasteiger partial charge in [0, 0.05) is 39.0 Å². The minimum absolute atomic E-state index is 0.0518. The second-order valence-corrected chi connectivity index (χ2v) is 7.70. The van der Waals surface area contributed by atoms with Crippen molar-refractivity contribution >= 4 is 11.8 Å². The minimum atomic E-state index is -0.131. The highest BCUT2D eigenvalue weighted by atomic mass is 19.1. The summed E-state index contributed by atoms with van der Waals surface area (Å²) >= 11 is 0. The Bertz CT molecular complexity index is 641. The molecule has 5 heteroatoms. The van der Waals surface area contributed by atoms with Gasteiger partial charge >= 0.3 is 0 Å². The van der Waals surface area contributed by atoms with Crippen LogP contribution in [0.3, 0.4) is 0 Å². The van der Waals surface area contributed by atoms with Gasteiger partial charge in [0.2, 0.25) is 11.8 Å². The average molecular weight is 360 g/mol. The lowest BCUT2D eigenvalue weighted by Crippen LogP contribution is -2.47. The summed E-state index contributed by atoms with van der Waals surface area (Å²) in [7, 11) is 0. The fraction of sp³-hybridized carbons (Fsp3) is 0.619. The van der Waals surface area contributed by atoms with E-state index in [1.165, 1.54) is 6.07 Å². The predicted molar refractivity (Wildman–Crippen MR) is 99.0 cm³/mol. The van der Waals surface area contributed by atoms with Crippen molar-refractivity contribution in [2.45, 2.75) is 45.4 Å². The molecule has 2 aliphatic heterocycles. The number of carbonyl (C=O) groups is 2. The van der Waals surface area contributed by atoms with Crippen molar-refractivity contribution in [3.63, 3.8) is 0 Å². The lowest BCUT2D eigenvalue weighted by Gasteiger charge is -2.37. The Hall–Kier alpha value is -1.91. The number of halogens is 1. The van der Waals surface area contributed by atoms with E-state index in [0.29, 0.717) is 19.0 Å². The van der Waals surface area contributed by atoms with Gasteiger partial charge in [-0.15, -0.1) is 0 Å². The first-order chi connectivity index (χ1) is 12.5. The molecule has 1 atom stereocenters. The first-order valence-electron chi connectivity index (χ1n) is 9.82. The fourth-order valence-corrected chi connectivity index (χ4v) is 4.26. The first-order valence-corrected chi connectivity index (χ1v) is 9.82. The Morgan fingerprint density at radius 1 is 1.08 bits per heavy atom. The largest absolute Gasteiger partial charge is 0.343 e. The van der Waals surface area contributed by atoms with Crippen molar-refractivity contribution < 1.29 is 14.0 Å². The number of aryl methyl sites for hydroxylation is 1. The Morgan fingerprint density at radius 2 is 1.81 bits per heavy atom. The van der Waals surface area contributed by atoms with Crippen molar-refractivity contribution in [1.82, 2.24) is 9.80 Å². The molecule has 0 aliphatic carbocycles. The summed E-state index contributed by atoms with van der Waals surface area (Å²) in [6, 6.07) is 6.96. The highest BCUT2D eigenvalue weighted by molar-refractivity contribution is 5.79. The van der Waals surface area contributed by atoms with E-state index >= 15 is 0 Å². The number of nitrogens with zero attached hydrogens (tertiary/aromatic N) is 2. The molecule has 2 aliphatic rings. The molecule has 1 aromatic carbocycles. The number of carbonyl (C=O) groups excluding carboxylic acids is 2. The van der Waals surface area contributed by atoms with Crippen LogP contribution in [0.1, 0.15) is 44.6 Å². The van der Waals surface area contributed by atoms with E-state index < -0.39 is 0 Å². The standard InChI is InChI=1S/C21H29FN2O2/c1-16(25)23-13-10-19(11-14-23)21(26)24-12-4-5-17(15-24)8-9-18-6-2-3-7-20(18)22/h2-3,6-7,17,19H,4-5,8-15H2,1H3/t17-/m0/s1. The van der Waals surface area contributed by atoms with Gasteiger partial charge in [-0.3, -0.25) is 9.59 Å². The van der Waals surface area contributed by atoms with Crippen LogP contribution in [0.2, 0.25) is 0 Å². The molecule has 0 unspecified atom stereocenters. The molecule has 0 aromatic heterocycles. The van der Waals surface area contributed by atoms with Gasteiger partial charge in [-0.1, -0.05) is 18.2 Å². The molecule has 0 saturated carbocycles. The zero-order valence-electron chi connectivity index (χ0n) is 15.6. The van der Waals surface area contributed by atoms with Crippen molar-refractivity contribution in [1.29, 1.82) is 0 Å². The van der Waals surface area contributed by atoms with Crippen molar-refractivity contribution in [2.24, 2.45) is 11.8 Å². The molecule has 3 rings (SSSR count). The molecule has 4 nitrogen and oxygen atoms in total. The minimum Gasteiger partial charge on any atom is -0.343 e. The summed E-state index contributed by atoms with van der Waals surface area (Å²) in [5, 5.41) is 0. The molecule has 2 heterocycles. The number of likely N-dealkylation sites (tertiary alicyclic amines) is 2. The average Bonchev–Trinajstić information content (AvgIpc) is 2.67. The van der Waals surface area contributed by atoms with Crippen molar-refractivity contribution in [2.75, 3.05) is 26.2 Å². The van der Waals surface area contributed by atoms with Gasteiger partial charge in [0.25, 0.3) is 0 Å². The van der Waals surface area contributed by atoms with Crippen LogP contribution in [0.25, 0.3) is 0 Å². The van der Waals surface area contributed by atoms with Gasteiger partial charge in [0.15, 0.2) is 0 Å². The topological polar surface area (TPSA) is 40.6 Å². The van der Waals surface area contributed by atoms with E-state index in [4.69, 9.17) is 0 Å². The highest BCUT2D eigenvalue weighted by Crippen LogP contribution is 2.26. The Kier molecular flexibility index (Phi) is 6.28. The van der Waals surface area contributed by atoms with Crippen LogP contribution in [0.15, 0.2) is 24.3 Å². The molecule has 26 heavy (non-hydrogen) atoms. The second-order valence-electron chi connectivity index (χ2n) is 7.70. The normalized spacial score (nSPS) is 21.7. The molecule has 2 amide bonds. The van der Waals surface area contributed by atoms with Crippen LogP contribution in [0.4, 0.5) is 4.39 Å². The SMILES string of the molecule is CC(=O)N1CCC(C(=O)N2CCC[C@@H](CCc3ccccc3F)C2)CC1. The lowest BCUT2D eigenvalue weighted by molar-refractivity contribution is -0.141. The summed E-state index contributed by atoms with van der Waals surface area (Å²) in [6.07, 6.45) is 5.34. The van der Waals surface area contributed by atoms with Crippen LogP contribution in [-0.4, -0.2) is 47.8 Å². The number of hydrogen-bond acceptors (Lipinski definition) is 2. The van der Waals surface area contributed by atoms with Crippen LogP contribution in [0.5, 0.6) is 0 Å². The zero-order chi connectivity index (χ0) is 18.5. The van der Waals surface area contributed by atoms with Crippen LogP contribution in [0, 0.1) is 17.7 Å². The molecule has 0 spiro atoms. The summed E-state index contributed by atoms with van der Waals surface area (Å²) in [4.78, 5) is 28.2. The van der Waals surface area contributed by atoms with Crippen molar-refractivity contribution in [3.8, 4) is 0 Å². The van der Waals surface area contributed by atoms with Gasteiger partial charge in [-0.25, -0.2) is 4.39 Å². The third-order valence-corrected chi connectivity index (χ3v) is 5.90. The number of piperidine rings is 2. The van der Waals surface area contributed by atoms with Gasteiger partial charge in [-0.2, -0.15) is 0 Å². The third-order valence-electron chi connectivity index (χ3n) is 5.90. The van der Waals surface area contributed by atoms with Gasteiger partial charge in [0.1, 0.15) is 5.82 Å². The highest BCUT2D eigenvalue weighted by Gasteiger charge is 2.31. The maximum Gasteiger partial charge on any atom is 0.225 e. The molecule has 2 saturated heterocycles. The molecular formula is C21H29FN2O2. The molecule has 1 aromatic rings. The molecule has 0 N–H and O–H groups in total. The molecule has 2 fully saturated rings. The molecule has 0 bridgehead atoms. The number of amides is 2. The molecular weight excluding hydrogens is 331 g/mol. The summed E-state index contributed by atoms with van der Waals surface area (Å²) < 4.78 is 13.8. The first kappa shape index (κ1) is 18.9. The van der Waals surface area contributed by atoms with Crippen LogP contribution < -0.4 is 0 Å².